The lowest BCUT2D eigenvalue weighted by molar-refractivity contribution is -0.138. The fourth-order valence-electron chi connectivity index (χ4n) is 8.80. The van der Waals surface area contributed by atoms with Crippen LogP contribution in [0.2, 0.25) is 0 Å². The molecule has 4 aliphatic rings. The number of nitrogens with one attached hydrogen (secondary N) is 2. The summed E-state index contributed by atoms with van der Waals surface area (Å²) in [6, 6.07) is 10.4. The molecular formula is C41H45F3N10O4. The lowest BCUT2D eigenvalue weighted by Gasteiger charge is -2.38. The highest BCUT2D eigenvalue weighted by atomic mass is 19.4. The molecule has 14 nitrogen and oxygen atoms in total. The first-order valence-electron chi connectivity index (χ1n) is 20.0. The molecule has 0 radical (unpaired) electrons. The first-order chi connectivity index (χ1) is 28.0. The Labute approximate surface area is 333 Å². The molecule has 8 rings (SSSR count). The van der Waals surface area contributed by atoms with Crippen molar-refractivity contribution in [3.8, 4) is 11.8 Å². The maximum absolute atomic E-state index is 13.4. The minimum atomic E-state index is -4.65. The fraction of sp³-hybridized carbons (Fsp3) is 0.488. The van der Waals surface area contributed by atoms with Gasteiger partial charge < -0.3 is 24.4 Å². The molecule has 0 unspecified atom stereocenters. The highest BCUT2D eigenvalue weighted by Gasteiger charge is 2.35. The summed E-state index contributed by atoms with van der Waals surface area (Å²) in [5.74, 6) is 0.820. The molecular weight excluding hydrogens is 754 g/mol. The number of hydrogen-bond acceptors (Lipinski definition) is 10. The van der Waals surface area contributed by atoms with Crippen LogP contribution >= 0.6 is 0 Å². The number of aromatic nitrogens is 4. The number of ether oxygens (including phenoxy) is 1. The number of carbonyl (C=O) groups is 3. The lowest BCUT2D eigenvalue weighted by atomic mass is 9.92. The van der Waals surface area contributed by atoms with Crippen LogP contribution in [0, 0.1) is 17.2 Å². The largest absolute Gasteiger partial charge is 0.490 e. The van der Waals surface area contributed by atoms with Gasteiger partial charge in [0.2, 0.25) is 5.91 Å². The van der Waals surface area contributed by atoms with Gasteiger partial charge in [0, 0.05) is 69.4 Å². The first kappa shape index (κ1) is 39.1. The van der Waals surface area contributed by atoms with Crippen LogP contribution in [-0.4, -0.2) is 93.9 Å². The summed E-state index contributed by atoms with van der Waals surface area (Å²) in [5.41, 5.74) is 0.486. The lowest BCUT2D eigenvalue weighted by Crippen LogP contribution is -2.49. The number of piperidine rings is 2. The number of benzene rings is 1. The molecule has 4 aromatic rings. The van der Waals surface area contributed by atoms with Crippen molar-refractivity contribution in [3.05, 3.63) is 71.8 Å². The molecule has 1 saturated carbocycles. The molecule has 58 heavy (non-hydrogen) atoms. The van der Waals surface area contributed by atoms with Crippen molar-refractivity contribution in [2.24, 2.45) is 5.92 Å². The quantitative estimate of drug-likeness (QED) is 0.211. The Kier molecular flexibility index (Phi) is 11.2. The van der Waals surface area contributed by atoms with Crippen molar-refractivity contribution >= 4 is 40.3 Å². The summed E-state index contributed by atoms with van der Waals surface area (Å²) < 4.78 is 48.2. The zero-order valence-corrected chi connectivity index (χ0v) is 32.0. The van der Waals surface area contributed by atoms with Crippen LogP contribution in [0.1, 0.15) is 85.4 Å². The highest BCUT2D eigenvalue weighted by molar-refractivity contribution is 6.09. The van der Waals surface area contributed by atoms with Crippen LogP contribution in [0.3, 0.4) is 0 Å². The highest BCUT2D eigenvalue weighted by Crippen LogP contribution is 2.36. The molecule has 2 N–H and O–H groups in total. The number of alkyl halides is 3. The number of fused-ring (bicyclic) bond motifs is 1. The van der Waals surface area contributed by atoms with Gasteiger partial charge in [0.1, 0.15) is 5.75 Å². The zero-order valence-electron chi connectivity index (χ0n) is 32.0. The van der Waals surface area contributed by atoms with Crippen molar-refractivity contribution < 1.29 is 32.3 Å². The molecule has 3 saturated heterocycles. The molecule has 6 heterocycles. The zero-order chi connectivity index (χ0) is 40.4. The topological polar surface area (TPSA) is 162 Å². The third kappa shape index (κ3) is 8.57. The van der Waals surface area contributed by atoms with Gasteiger partial charge in [-0.25, -0.2) is 4.79 Å². The number of anilines is 2. The van der Waals surface area contributed by atoms with Crippen LogP contribution in [0.5, 0.6) is 5.75 Å². The van der Waals surface area contributed by atoms with Gasteiger partial charge in [-0.2, -0.15) is 18.4 Å². The van der Waals surface area contributed by atoms with Gasteiger partial charge in [0.25, 0.3) is 5.91 Å². The second-order valence-corrected chi connectivity index (χ2v) is 15.7. The Hall–Kier alpha value is -5.76. The number of nitriles is 1. The van der Waals surface area contributed by atoms with E-state index in [0.29, 0.717) is 44.2 Å². The van der Waals surface area contributed by atoms with Gasteiger partial charge in [-0.05, 0) is 93.7 Å². The van der Waals surface area contributed by atoms with Crippen molar-refractivity contribution in [3.63, 3.8) is 0 Å². The third-order valence-corrected chi connectivity index (χ3v) is 12.0. The van der Waals surface area contributed by atoms with Gasteiger partial charge in [-0.3, -0.25) is 24.8 Å². The molecule has 3 aromatic heterocycles. The SMILES string of the molecule is N#Cc1ccc(OC2CCC(NC(=O)c3ccc(N4CCC(CN5CCC(n6ccc7c(N8CCC(=O)NC8=O)cncc76)CC5)CC4)nn3)CC2)cc1C(F)(F)F. The fourth-order valence-corrected chi connectivity index (χ4v) is 8.80. The van der Waals surface area contributed by atoms with E-state index in [1.165, 1.54) is 6.07 Å². The molecule has 17 heteroatoms. The summed E-state index contributed by atoms with van der Waals surface area (Å²) in [6.45, 7) is 5.12. The summed E-state index contributed by atoms with van der Waals surface area (Å²) in [6.07, 6.45) is 7.40. The van der Waals surface area contributed by atoms with E-state index in [1.54, 1.807) is 23.2 Å². The molecule has 3 aliphatic heterocycles. The van der Waals surface area contributed by atoms with Crippen LogP contribution in [0.25, 0.3) is 10.9 Å². The molecule has 4 amide bonds. The van der Waals surface area contributed by atoms with E-state index >= 15 is 0 Å². The molecule has 0 atom stereocenters. The summed E-state index contributed by atoms with van der Waals surface area (Å²) in [7, 11) is 0. The van der Waals surface area contributed by atoms with Crippen LogP contribution in [0.4, 0.5) is 29.5 Å². The van der Waals surface area contributed by atoms with E-state index in [-0.39, 0.29) is 41.8 Å². The number of rotatable bonds is 9. The number of nitrogens with zero attached hydrogens (tertiary/aromatic N) is 8. The maximum Gasteiger partial charge on any atom is 0.417 e. The molecule has 0 spiro atoms. The van der Waals surface area contributed by atoms with Gasteiger partial charge in [-0.1, -0.05) is 0 Å². The standard InChI is InChI=1S/C41H45F3N10O4/c42-41(43,44)33-21-31(4-1-27(33)22-45)58-30-5-2-28(3-6-30)47-39(56)34-7-8-37(50-49-34)52-17-9-26(10-18-52)25-51-15-11-29(12-16-51)53-19-13-32-35(53)23-46-24-36(32)54-20-14-38(55)48-40(54)57/h1,4,7-8,13,19,21,23-24,26,28-30H,2-3,5-6,9-12,14-18,20,25H2,(H,47,56)(H,48,55,57). The summed E-state index contributed by atoms with van der Waals surface area (Å²) >= 11 is 0. The van der Waals surface area contributed by atoms with Gasteiger partial charge in [-0.15, -0.1) is 10.2 Å². The molecule has 4 fully saturated rings. The number of likely N-dealkylation sites (tertiary alicyclic amines) is 1. The summed E-state index contributed by atoms with van der Waals surface area (Å²) in [4.78, 5) is 48.0. The van der Waals surface area contributed by atoms with E-state index in [4.69, 9.17) is 10.00 Å². The second kappa shape index (κ2) is 16.6. The number of pyridine rings is 1. The van der Waals surface area contributed by atoms with Crippen LogP contribution < -0.4 is 25.2 Å². The monoisotopic (exact) mass is 798 g/mol. The van der Waals surface area contributed by atoms with Crippen LogP contribution in [0.15, 0.2) is 55.0 Å². The van der Waals surface area contributed by atoms with Gasteiger partial charge in [0.15, 0.2) is 11.5 Å². The van der Waals surface area contributed by atoms with Crippen molar-refractivity contribution in [2.45, 2.75) is 82.2 Å². The number of imide groups is 1. The van der Waals surface area contributed by atoms with E-state index in [0.717, 1.165) is 92.9 Å². The Morgan fingerprint density at radius 3 is 2.40 bits per heavy atom. The van der Waals surface area contributed by atoms with E-state index in [2.05, 4.69) is 46.4 Å². The first-order valence-corrected chi connectivity index (χ1v) is 20.0. The Bertz CT molecular complexity index is 2180. The van der Waals surface area contributed by atoms with Crippen molar-refractivity contribution in [2.75, 3.05) is 49.1 Å². The predicted molar refractivity (Wildman–Crippen MR) is 207 cm³/mol. The third-order valence-electron chi connectivity index (χ3n) is 12.0. The van der Waals surface area contributed by atoms with Gasteiger partial charge in [0.05, 0.1) is 46.9 Å². The number of hydrogen-bond donors (Lipinski definition) is 2. The minimum Gasteiger partial charge on any atom is -0.490 e. The number of halogens is 3. The minimum absolute atomic E-state index is 0.0698. The average Bonchev–Trinajstić information content (AvgIpc) is 3.67. The van der Waals surface area contributed by atoms with E-state index in [1.807, 2.05) is 18.3 Å². The Morgan fingerprint density at radius 1 is 0.931 bits per heavy atom. The molecule has 1 aliphatic carbocycles. The smallest absolute Gasteiger partial charge is 0.417 e. The van der Waals surface area contributed by atoms with Crippen LogP contribution in [-0.2, 0) is 11.0 Å². The second-order valence-electron chi connectivity index (χ2n) is 15.7. The van der Waals surface area contributed by atoms with Gasteiger partial charge >= 0.3 is 12.2 Å². The normalized spacial score (nSPS) is 21.5. The van der Waals surface area contributed by atoms with Crippen molar-refractivity contribution in [1.29, 1.82) is 5.26 Å². The number of amides is 4. The predicted octanol–water partition coefficient (Wildman–Crippen LogP) is 5.84. The molecule has 1 aromatic carbocycles. The Morgan fingerprint density at radius 2 is 1.71 bits per heavy atom. The summed E-state index contributed by atoms with van der Waals surface area (Å²) in [5, 5.41) is 24.0. The van der Waals surface area contributed by atoms with E-state index in [9.17, 15) is 27.6 Å². The Balaban J connectivity index is 0.759. The molecule has 0 bridgehead atoms. The number of carbonyl (C=O) groups excluding carboxylic acids is 3. The number of urea groups is 1. The van der Waals surface area contributed by atoms with Crippen molar-refractivity contribution in [1.82, 2.24) is 35.3 Å². The van der Waals surface area contributed by atoms with E-state index < -0.39 is 23.3 Å². The average molecular weight is 799 g/mol. The molecule has 304 valence electrons. The maximum atomic E-state index is 13.4.